The predicted octanol–water partition coefficient (Wildman–Crippen LogP) is 6.34. The van der Waals surface area contributed by atoms with Gasteiger partial charge in [-0.25, -0.2) is 4.98 Å². The fraction of sp³-hybridized carbons (Fsp3) is 0.120. The molecular weight excluding hydrogens is 504 g/mol. The lowest BCUT2D eigenvalue weighted by atomic mass is 9.72. The number of amides is 1. The van der Waals surface area contributed by atoms with Crippen LogP contribution in [0.15, 0.2) is 89.3 Å². The van der Waals surface area contributed by atoms with E-state index in [4.69, 9.17) is 11.6 Å². The van der Waals surface area contributed by atoms with E-state index in [9.17, 15) is 4.79 Å². The van der Waals surface area contributed by atoms with Crippen LogP contribution in [0.4, 0.5) is 5.13 Å². The second-order valence-corrected chi connectivity index (χ2v) is 11.5. The zero-order valence-electron chi connectivity index (χ0n) is 17.7. The average molecular weight is 521 g/mol. The SMILES string of the molecule is O=C1C(Cl)C(c2ccccc2)(c2ccccc2)N1c1nnc(CSc2nc3ccccc3s2)s1. The zero-order chi connectivity index (χ0) is 23.1. The Bertz CT molecular complexity index is 1400. The largest absolute Gasteiger partial charge is 0.273 e. The molecule has 6 rings (SSSR count). The van der Waals surface area contributed by atoms with Gasteiger partial charge in [0.05, 0.1) is 16.0 Å². The highest BCUT2D eigenvalue weighted by molar-refractivity contribution is 8.00. The van der Waals surface area contributed by atoms with Crippen LogP contribution in [0.5, 0.6) is 0 Å². The van der Waals surface area contributed by atoms with Crippen LogP contribution in [-0.2, 0) is 16.1 Å². The van der Waals surface area contributed by atoms with E-state index in [2.05, 4.69) is 21.2 Å². The molecule has 5 aromatic rings. The Hall–Kier alpha value is -2.78. The van der Waals surface area contributed by atoms with Crippen molar-refractivity contribution in [2.24, 2.45) is 0 Å². The molecule has 0 radical (unpaired) electrons. The Morgan fingerprint density at radius 3 is 2.21 bits per heavy atom. The van der Waals surface area contributed by atoms with E-state index in [0.29, 0.717) is 10.9 Å². The second-order valence-electron chi connectivity index (χ2n) is 7.75. The molecule has 34 heavy (non-hydrogen) atoms. The van der Waals surface area contributed by atoms with Crippen molar-refractivity contribution in [1.82, 2.24) is 15.2 Å². The molecule has 1 aliphatic heterocycles. The number of hydrogen-bond donors (Lipinski definition) is 0. The van der Waals surface area contributed by atoms with Crippen LogP contribution in [0.1, 0.15) is 16.1 Å². The van der Waals surface area contributed by atoms with E-state index in [1.807, 2.05) is 78.9 Å². The number of halogens is 1. The van der Waals surface area contributed by atoms with Gasteiger partial charge in [0.1, 0.15) is 15.9 Å². The van der Waals surface area contributed by atoms with Crippen LogP contribution in [0.3, 0.4) is 0 Å². The molecule has 168 valence electrons. The number of carbonyl (C=O) groups is 1. The molecule has 1 fully saturated rings. The van der Waals surface area contributed by atoms with Crippen molar-refractivity contribution in [3.8, 4) is 0 Å². The number of rotatable bonds is 6. The number of hydrogen-bond acceptors (Lipinski definition) is 7. The molecule has 0 aliphatic carbocycles. The Morgan fingerprint density at radius 1 is 0.882 bits per heavy atom. The summed E-state index contributed by atoms with van der Waals surface area (Å²) in [5.74, 6) is 0.462. The number of benzene rings is 3. The Labute approximate surface area is 213 Å². The molecule has 0 spiro atoms. The fourth-order valence-electron chi connectivity index (χ4n) is 4.29. The van der Waals surface area contributed by atoms with Gasteiger partial charge in [-0.05, 0) is 23.3 Å². The number of alkyl halides is 1. The number of thiazole rings is 1. The summed E-state index contributed by atoms with van der Waals surface area (Å²) in [6.07, 6.45) is 0. The van der Waals surface area contributed by atoms with Crippen molar-refractivity contribution in [2.75, 3.05) is 4.90 Å². The summed E-state index contributed by atoms with van der Waals surface area (Å²) in [7, 11) is 0. The molecule has 5 nitrogen and oxygen atoms in total. The van der Waals surface area contributed by atoms with Crippen molar-refractivity contribution < 1.29 is 4.79 Å². The van der Waals surface area contributed by atoms with Gasteiger partial charge in [0.25, 0.3) is 5.91 Å². The molecule has 0 N–H and O–H groups in total. The number of para-hydroxylation sites is 1. The van der Waals surface area contributed by atoms with Gasteiger partial charge >= 0.3 is 0 Å². The average Bonchev–Trinajstić information content (AvgIpc) is 3.52. The van der Waals surface area contributed by atoms with Gasteiger partial charge < -0.3 is 0 Å². The molecule has 1 aliphatic rings. The second kappa shape index (κ2) is 8.78. The summed E-state index contributed by atoms with van der Waals surface area (Å²) in [6.45, 7) is 0. The van der Waals surface area contributed by atoms with Gasteiger partial charge in [0, 0.05) is 0 Å². The Balaban J connectivity index is 1.33. The molecule has 1 unspecified atom stereocenters. The third-order valence-electron chi connectivity index (χ3n) is 5.83. The maximum Gasteiger partial charge on any atom is 0.251 e. The van der Waals surface area contributed by atoms with Crippen LogP contribution >= 0.6 is 46.0 Å². The van der Waals surface area contributed by atoms with Crippen LogP contribution in [0, 0.1) is 0 Å². The van der Waals surface area contributed by atoms with E-state index in [-0.39, 0.29) is 5.91 Å². The number of β-lactam (4-membered cyclic amide) rings is 1. The number of aromatic nitrogens is 3. The maximum absolute atomic E-state index is 13.1. The van der Waals surface area contributed by atoms with Gasteiger partial charge in [0.2, 0.25) is 5.13 Å². The number of fused-ring (bicyclic) bond motifs is 1. The van der Waals surface area contributed by atoms with Crippen molar-refractivity contribution in [3.05, 3.63) is 101 Å². The highest BCUT2D eigenvalue weighted by Crippen LogP contribution is 2.52. The van der Waals surface area contributed by atoms with Crippen LogP contribution < -0.4 is 4.90 Å². The van der Waals surface area contributed by atoms with Crippen LogP contribution in [-0.4, -0.2) is 26.5 Å². The molecule has 1 amide bonds. The summed E-state index contributed by atoms with van der Waals surface area (Å²) in [5.41, 5.74) is 2.06. The van der Waals surface area contributed by atoms with Gasteiger partial charge in [-0.2, -0.15) is 0 Å². The minimum absolute atomic E-state index is 0.170. The zero-order valence-corrected chi connectivity index (χ0v) is 20.9. The minimum Gasteiger partial charge on any atom is -0.273 e. The molecule has 9 heteroatoms. The van der Waals surface area contributed by atoms with E-state index in [1.54, 1.807) is 28.0 Å². The third kappa shape index (κ3) is 3.44. The van der Waals surface area contributed by atoms with E-state index >= 15 is 0 Å². The predicted molar refractivity (Wildman–Crippen MR) is 140 cm³/mol. The topological polar surface area (TPSA) is 59.0 Å². The lowest BCUT2D eigenvalue weighted by molar-refractivity contribution is -0.126. The minimum atomic E-state index is -0.835. The van der Waals surface area contributed by atoms with Gasteiger partial charge in [0.15, 0.2) is 4.34 Å². The number of thioether (sulfide) groups is 1. The molecule has 2 aromatic heterocycles. The first-order chi connectivity index (χ1) is 16.7. The summed E-state index contributed by atoms with van der Waals surface area (Å²) in [4.78, 5) is 19.5. The normalized spacial score (nSPS) is 17.1. The molecule has 0 saturated carbocycles. The van der Waals surface area contributed by atoms with E-state index in [0.717, 1.165) is 30.7 Å². The first-order valence-corrected chi connectivity index (χ1v) is 13.6. The number of nitrogens with zero attached hydrogens (tertiary/aromatic N) is 4. The highest BCUT2D eigenvalue weighted by atomic mass is 35.5. The lowest BCUT2D eigenvalue weighted by Crippen LogP contribution is -2.71. The highest BCUT2D eigenvalue weighted by Gasteiger charge is 2.63. The van der Waals surface area contributed by atoms with Crippen molar-refractivity contribution in [3.63, 3.8) is 0 Å². The fourth-order valence-corrected chi connectivity index (χ4v) is 7.70. The first-order valence-electron chi connectivity index (χ1n) is 10.6. The van der Waals surface area contributed by atoms with Crippen molar-refractivity contribution in [2.45, 2.75) is 21.0 Å². The molecular formula is C25H17ClN4OS3. The van der Waals surface area contributed by atoms with Gasteiger partial charge in [-0.15, -0.1) is 33.1 Å². The van der Waals surface area contributed by atoms with Crippen LogP contribution in [0.25, 0.3) is 10.2 Å². The number of anilines is 1. The summed E-state index contributed by atoms with van der Waals surface area (Å²) >= 11 is 11.5. The van der Waals surface area contributed by atoms with Gasteiger partial charge in [-0.3, -0.25) is 9.69 Å². The Morgan fingerprint density at radius 2 is 1.53 bits per heavy atom. The summed E-state index contributed by atoms with van der Waals surface area (Å²) in [5, 5.41) is 9.45. The lowest BCUT2D eigenvalue weighted by Gasteiger charge is -2.54. The summed E-state index contributed by atoms with van der Waals surface area (Å²) < 4.78 is 2.15. The van der Waals surface area contributed by atoms with Crippen molar-refractivity contribution in [1.29, 1.82) is 0 Å². The summed E-state index contributed by atoms with van der Waals surface area (Å²) in [6, 6.07) is 27.9. The molecule has 1 saturated heterocycles. The molecule has 0 bridgehead atoms. The Kier molecular flexibility index (Phi) is 5.61. The molecule has 3 heterocycles. The van der Waals surface area contributed by atoms with Gasteiger partial charge in [-0.1, -0.05) is 95.9 Å². The number of carbonyl (C=O) groups excluding carboxylic acids is 1. The molecule has 1 atom stereocenters. The smallest absolute Gasteiger partial charge is 0.251 e. The van der Waals surface area contributed by atoms with Crippen molar-refractivity contribution >= 4 is 67.3 Å². The standard InChI is InChI=1S/C25H17ClN4OS3/c26-21-22(31)30(25(21,16-9-3-1-4-10-16)17-11-5-2-6-12-17)23-29-28-20(34-23)15-32-24-27-18-13-7-8-14-19(18)33-24/h1-14,21H,15H2. The van der Waals surface area contributed by atoms with E-state index < -0.39 is 10.9 Å². The maximum atomic E-state index is 13.1. The third-order valence-corrected chi connectivity index (χ3v) is 9.61. The monoisotopic (exact) mass is 520 g/mol. The van der Waals surface area contributed by atoms with E-state index in [1.165, 1.54) is 11.3 Å². The molecule has 3 aromatic carbocycles. The quantitative estimate of drug-likeness (QED) is 0.148. The first kappa shape index (κ1) is 21.7. The van der Waals surface area contributed by atoms with Crippen LogP contribution in [0.2, 0.25) is 0 Å².